The molecule has 0 unspecified atom stereocenters. The number of nitrogens with one attached hydrogen (secondary N) is 1. The Labute approximate surface area is 153 Å². The van der Waals surface area contributed by atoms with Gasteiger partial charge in [-0.25, -0.2) is 0 Å². The van der Waals surface area contributed by atoms with Crippen molar-refractivity contribution in [3.8, 4) is 0 Å². The lowest BCUT2D eigenvalue weighted by Crippen LogP contribution is -2.36. The summed E-state index contributed by atoms with van der Waals surface area (Å²) in [5.41, 5.74) is 1.86. The molecule has 140 valence electrons. The minimum atomic E-state index is -0.451. The molecule has 3 heterocycles. The number of rotatable bonds is 6. The van der Waals surface area contributed by atoms with Crippen molar-refractivity contribution in [1.82, 2.24) is 20.0 Å². The van der Waals surface area contributed by atoms with Crippen molar-refractivity contribution in [2.24, 2.45) is 5.92 Å². The zero-order chi connectivity index (χ0) is 17.9. The fraction of sp³-hybridized carbons (Fsp3) is 0.579. The number of aromatic nitrogens is 2. The van der Waals surface area contributed by atoms with Crippen molar-refractivity contribution in [2.75, 3.05) is 13.1 Å². The molecule has 1 fully saturated rings. The molecular weight excluding hydrogens is 332 g/mol. The molecule has 0 bridgehead atoms. The van der Waals surface area contributed by atoms with Crippen LogP contribution in [0, 0.1) is 5.92 Å². The molecule has 2 aromatic rings. The maximum Gasteiger partial charge on any atom is 0.234 e. The Balaban J connectivity index is 1.34. The molecule has 2 aromatic heterocycles. The number of furan rings is 1. The highest BCUT2D eigenvalue weighted by Gasteiger charge is 2.29. The normalized spacial score (nSPS) is 19.4. The van der Waals surface area contributed by atoms with Gasteiger partial charge >= 0.3 is 0 Å². The molecule has 4 rings (SSSR count). The van der Waals surface area contributed by atoms with E-state index in [0.29, 0.717) is 25.6 Å². The number of carbonyl (C=O) groups excluding carboxylic acids is 1. The highest BCUT2D eigenvalue weighted by Crippen LogP contribution is 2.37. The summed E-state index contributed by atoms with van der Waals surface area (Å²) in [4.78, 5) is 14.4. The topological polar surface area (TPSA) is 83.5 Å². The monoisotopic (exact) mass is 358 g/mol. The van der Waals surface area contributed by atoms with E-state index in [9.17, 15) is 9.90 Å². The van der Waals surface area contributed by atoms with E-state index < -0.39 is 6.10 Å². The smallest absolute Gasteiger partial charge is 0.234 e. The second-order valence-electron chi connectivity index (χ2n) is 7.34. The Kier molecular flexibility index (Phi) is 5.08. The molecular formula is C19H26N4O3. The van der Waals surface area contributed by atoms with Gasteiger partial charge in [0, 0.05) is 19.6 Å². The molecule has 2 N–H and O–H groups in total. The summed E-state index contributed by atoms with van der Waals surface area (Å²) in [6.07, 6.45) is 5.48. The van der Waals surface area contributed by atoms with Gasteiger partial charge in [-0.2, -0.15) is 5.10 Å². The van der Waals surface area contributed by atoms with Crippen LogP contribution in [0.15, 0.2) is 28.9 Å². The van der Waals surface area contributed by atoms with Crippen LogP contribution < -0.4 is 5.32 Å². The maximum absolute atomic E-state index is 12.2. The molecule has 1 aliphatic carbocycles. The number of aryl methyl sites for hydroxylation is 1. The first-order valence-corrected chi connectivity index (χ1v) is 9.45. The summed E-state index contributed by atoms with van der Waals surface area (Å²) in [5, 5.41) is 18.0. The highest BCUT2D eigenvalue weighted by atomic mass is 16.3. The Bertz CT molecular complexity index is 736. The summed E-state index contributed by atoms with van der Waals surface area (Å²) in [6, 6.07) is 5.68. The van der Waals surface area contributed by atoms with E-state index in [4.69, 9.17) is 4.42 Å². The van der Waals surface area contributed by atoms with Crippen molar-refractivity contribution >= 4 is 5.91 Å². The summed E-state index contributed by atoms with van der Waals surface area (Å²) < 4.78 is 7.23. The van der Waals surface area contributed by atoms with Crippen LogP contribution in [-0.4, -0.2) is 38.8 Å². The first-order valence-electron chi connectivity index (χ1n) is 9.45. The van der Waals surface area contributed by atoms with Gasteiger partial charge in [0.1, 0.15) is 11.9 Å². The van der Waals surface area contributed by atoms with Gasteiger partial charge in [0.25, 0.3) is 0 Å². The van der Waals surface area contributed by atoms with E-state index in [1.807, 2.05) is 22.9 Å². The van der Waals surface area contributed by atoms with Crippen molar-refractivity contribution in [1.29, 1.82) is 0 Å². The van der Waals surface area contributed by atoms with Crippen molar-refractivity contribution in [2.45, 2.75) is 51.4 Å². The second kappa shape index (κ2) is 7.63. The van der Waals surface area contributed by atoms with Gasteiger partial charge in [-0.15, -0.1) is 0 Å². The maximum atomic E-state index is 12.2. The van der Waals surface area contributed by atoms with Crippen LogP contribution in [-0.2, 0) is 24.4 Å². The lowest BCUT2D eigenvalue weighted by atomic mass is 9.80. The van der Waals surface area contributed by atoms with Gasteiger partial charge in [0.05, 0.1) is 30.7 Å². The summed E-state index contributed by atoms with van der Waals surface area (Å²) in [7, 11) is 0. The van der Waals surface area contributed by atoms with Crippen LogP contribution in [0.3, 0.4) is 0 Å². The molecule has 7 nitrogen and oxygen atoms in total. The van der Waals surface area contributed by atoms with E-state index in [-0.39, 0.29) is 5.91 Å². The summed E-state index contributed by atoms with van der Waals surface area (Å²) in [6.45, 7) is 3.13. The van der Waals surface area contributed by atoms with Crippen molar-refractivity contribution in [3.63, 3.8) is 0 Å². The number of aliphatic hydroxyl groups is 1. The zero-order valence-corrected chi connectivity index (χ0v) is 14.9. The molecule has 0 aromatic carbocycles. The minimum absolute atomic E-state index is 0.0101. The third-order valence-corrected chi connectivity index (χ3v) is 5.42. The van der Waals surface area contributed by atoms with Crippen LogP contribution in [0.2, 0.25) is 0 Å². The Morgan fingerprint density at radius 2 is 2.27 bits per heavy atom. The molecule has 1 atom stereocenters. The van der Waals surface area contributed by atoms with Crippen molar-refractivity contribution in [3.05, 3.63) is 41.6 Å². The largest absolute Gasteiger partial charge is 0.467 e. The summed E-state index contributed by atoms with van der Waals surface area (Å²) >= 11 is 0. The third-order valence-electron chi connectivity index (χ3n) is 5.42. The van der Waals surface area contributed by atoms with Gasteiger partial charge in [-0.3, -0.25) is 14.4 Å². The fourth-order valence-corrected chi connectivity index (χ4v) is 3.69. The molecule has 1 aliphatic heterocycles. The van der Waals surface area contributed by atoms with Gasteiger partial charge in [0.15, 0.2) is 0 Å². The van der Waals surface area contributed by atoms with Crippen LogP contribution >= 0.6 is 0 Å². The van der Waals surface area contributed by atoms with E-state index in [1.165, 1.54) is 6.42 Å². The first-order chi connectivity index (χ1) is 12.7. The third kappa shape index (κ3) is 3.83. The number of hydrogen-bond acceptors (Lipinski definition) is 5. The average Bonchev–Trinajstić information content (AvgIpc) is 3.18. The van der Waals surface area contributed by atoms with Crippen LogP contribution in [0.25, 0.3) is 0 Å². The van der Waals surface area contributed by atoms with E-state index >= 15 is 0 Å². The first kappa shape index (κ1) is 17.3. The lowest BCUT2D eigenvalue weighted by molar-refractivity contribution is -0.122. The van der Waals surface area contributed by atoms with Gasteiger partial charge in [0.2, 0.25) is 5.91 Å². The zero-order valence-electron chi connectivity index (χ0n) is 14.9. The second-order valence-corrected chi connectivity index (χ2v) is 7.34. The van der Waals surface area contributed by atoms with Crippen LogP contribution in [0.4, 0.5) is 0 Å². The molecule has 2 aliphatic rings. The quantitative estimate of drug-likeness (QED) is 0.823. The van der Waals surface area contributed by atoms with E-state index in [1.54, 1.807) is 6.26 Å². The average molecular weight is 358 g/mol. The predicted octanol–water partition coefficient (Wildman–Crippen LogP) is 1.83. The highest BCUT2D eigenvalue weighted by molar-refractivity contribution is 5.77. The van der Waals surface area contributed by atoms with Gasteiger partial charge in [-0.05, 0) is 43.4 Å². The number of amides is 1. The Morgan fingerprint density at radius 3 is 3.00 bits per heavy atom. The van der Waals surface area contributed by atoms with E-state index in [0.717, 1.165) is 49.5 Å². The molecule has 1 amide bonds. The fourth-order valence-electron chi connectivity index (χ4n) is 3.69. The molecule has 1 saturated carbocycles. The molecule has 26 heavy (non-hydrogen) atoms. The van der Waals surface area contributed by atoms with E-state index in [2.05, 4.69) is 15.3 Å². The molecule has 0 radical (unpaired) electrons. The SMILES string of the molecule is O=C(CN1CCCn2nc([C@@H](O)C3CCC3)cc2C1)NCc1ccco1. The predicted molar refractivity (Wildman–Crippen MR) is 95.0 cm³/mol. The number of fused-ring (bicyclic) bond motifs is 1. The van der Waals surface area contributed by atoms with Crippen LogP contribution in [0.5, 0.6) is 0 Å². The van der Waals surface area contributed by atoms with Gasteiger partial charge < -0.3 is 14.8 Å². The molecule has 7 heteroatoms. The summed E-state index contributed by atoms with van der Waals surface area (Å²) in [5.74, 6) is 1.10. The molecule has 0 spiro atoms. The minimum Gasteiger partial charge on any atom is -0.467 e. The van der Waals surface area contributed by atoms with Gasteiger partial charge in [-0.1, -0.05) is 6.42 Å². The van der Waals surface area contributed by atoms with Crippen molar-refractivity contribution < 1.29 is 14.3 Å². The molecule has 0 saturated heterocycles. The van der Waals surface area contributed by atoms with Crippen LogP contribution in [0.1, 0.15) is 48.9 Å². The number of aliphatic hydroxyl groups excluding tert-OH is 1. The lowest BCUT2D eigenvalue weighted by Gasteiger charge is -2.29. The number of hydrogen-bond donors (Lipinski definition) is 2. The number of nitrogens with zero attached hydrogens (tertiary/aromatic N) is 3. The Hall–Kier alpha value is -2.12. The standard InChI is InChI=1S/C19H26N4O3/c24-18(20-11-16-6-2-9-26-16)13-22-7-3-8-23-15(12-22)10-17(21-23)19(25)14-4-1-5-14/h2,6,9-10,14,19,25H,1,3-5,7-8,11-13H2,(H,20,24)/t19-/m0/s1. The Morgan fingerprint density at radius 1 is 1.38 bits per heavy atom. The number of carbonyl (C=O) groups is 1.